The number of fused-ring (bicyclic) bond motifs is 1. The maximum absolute atomic E-state index is 12.1. The molecule has 4 nitrogen and oxygen atoms in total. The molecular formula is C14H26N2O2. The topological polar surface area (TPSA) is 41.6 Å². The highest BCUT2D eigenvalue weighted by Crippen LogP contribution is 2.29. The van der Waals surface area contributed by atoms with Crippen molar-refractivity contribution < 1.29 is 9.53 Å². The molecule has 0 aromatic heterocycles. The number of nitrogens with zero attached hydrogens (tertiary/aromatic N) is 1. The van der Waals surface area contributed by atoms with E-state index in [1.807, 2.05) is 25.7 Å². The highest BCUT2D eigenvalue weighted by Gasteiger charge is 2.33. The van der Waals surface area contributed by atoms with E-state index in [2.05, 4.69) is 5.32 Å². The molecule has 2 atom stereocenters. The SMILES string of the molecule is CC(C)(C)OC(=O)N1CC[C@@H]2CCCNC[C@@H]2C1. The van der Waals surface area contributed by atoms with Gasteiger partial charge in [-0.1, -0.05) is 0 Å². The molecule has 4 heteroatoms. The van der Waals surface area contributed by atoms with Crippen LogP contribution >= 0.6 is 0 Å². The summed E-state index contributed by atoms with van der Waals surface area (Å²) in [5.41, 5.74) is -0.393. The van der Waals surface area contributed by atoms with Crippen LogP contribution in [0.25, 0.3) is 0 Å². The Morgan fingerprint density at radius 3 is 2.78 bits per heavy atom. The van der Waals surface area contributed by atoms with Crippen LogP contribution in [0.3, 0.4) is 0 Å². The van der Waals surface area contributed by atoms with E-state index in [9.17, 15) is 4.79 Å². The van der Waals surface area contributed by atoms with Gasteiger partial charge in [-0.25, -0.2) is 4.79 Å². The second kappa shape index (κ2) is 5.47. The number of nitrogens with one attached hydrogen (secondary N) is 1. The summed E-state index contributed by atoms with van der Waals surface area (Å²) >= 11 is 0. The van der Waals surface area contributed by atoms with Crippen molar-refractivity contribution in [3.05, 3.63) is 0 Å². The van der Waals surface area contributed by atoms with Crippen molar-refractivity contribution in [1.82, 2.24) is 10.2 Å². The Morgan fingerprint density at radius 1 is 1.28 bits per heavy atom. The number of rotatable bonds is 0. The number of carbonyl (C=O) groups excluding carboxylic acids is 1. The summed E-state index contributed by atoms with van der Waals surface area (Å²) < 4.78 is 5.45. The molecule has 2 saturated heterocycles. The number of amides is 1. The Balaban J connectivity index is 1.91. The van der Waals surface area contributed by atoms with Crippen LogP contribution in [0.1, 0.15) is 40.0 Å². The minimum absolute atomic E-state index is 0.148. The molecule has 0 spiro atoms. The molecule has 2 heterocycles. The molecule has 2 aliphatic heterocycles. The van der Waals surface area contributed by atoms with Crippen molar-refractivity contribution in [3.63, 3.8) is 0 Å². The van der Waals surface area contributed by atoms with Crippen LogP contribution < -0.4 is 5.32 Å². The molecule has 0 bridgehead atoms. The van der Waals surface area contributed by atoms with E-state index in [0.717, 1.165) is 38.5 Å². The predicted molar refractivity (Wildman–Crippen MR) is 71.5 cm³/mol. The number of hydrogen-bond donors (Lipinski definition) is 1. The molecule has 1 N–H and O–H groups in total. The second-order valence-electron chi connectivity index (χ2n) is 6.58. The number of piperidine rings is 1. The van der Waals surface area contributed by atoms with Gasteiger partial charge >= 0.3 is 6.09 Å². The lowest BCUT2D eigenvalue weighted by Crippen LogP contribution is -2.47. The molecule has 2 aliphatic rings. The van der Waals surface area contributed by atoms with Gasteiger partial charge in [-0.2, -0.15) is 0 Å². The monoisotopic (exact) mass is 254 g/mol. The fourth-order valence-corrected chi connectivity index (χ4v) is 2.96. The zero-order valence-electron chi connectivity index (χ0n) is 11.9. The first-order chi connectivity index (χ1) is 8.46. The van der Waals surface area contributed by atoms with Gasteiger partial charge in [0.15, 0.2) is 0 Å². The minimum atomic E-state index is -0.393. The lowest BCUT2D eigenvalue weighted by molar-refractivity contribution is 0.0106. The summed E-state index contributed by atoms with van der Waals surface area (Å²) in [6, 6.07) is 0. The lowest BCUT2D eigenvalue weighted by atomic mass is 9.83. The molecule has 0 aromatic carbocycles. The van der Waals surface area contributed by atoms with Crippen molar-refractivity contribution in [1.29, 1.82) is 0 Å². The molecule has 2 rings (SSSR count). The Labute approximate surface area is 110 Å². The smallest absolute Gasteiger partial charge is 0.410 e. The average molecular weight is 254 g/mol. The van der Waals surface area contributed by atoms with Crippen LogP contribution in [0.5, 0.6) is 0 Å². The van der Waals surface area contributed by atoms with Gasteiger partial charge in [-0.3, -0.25) is 0 Å². The van der Waals surface area contributed by atoms with E-state index in [1.54, 1.807) is 0 Å². The summed E-state index contributed by atoms with van der Waals surface area (Å²) in [7, 11) is 0. The highest BCUT2D eigenvalue weighted by molar-refractivity contribution is 5.68. The van der Waals surface area contributed by atoms with Crippen LogP contribution in [-0.2, 0) is 4.74 Å². The van der Waals surface area contributed by atoms with Crippen LogP contribution in [-0.4, -0.2) is 42.8 Å². The zero-order chi connectivity index (χ0) is 13.2. The second-order valence-corrected chi connectivity index (χ2v) is 6.58. The van der Waals surface area contributed by atoms with Gasteiger partial charge < -0.3 is 15.0 Å². The number of likely N-dealkylation sites (tertiary alicyclic amines) is 1. The highest BCUT2D eigenvalue weighted by atomic mass is 16.6. The van der Waals surface area contributed by atoms with Gasteiger partial charge in [0.1, 0.15) is 5.60 Å². The van der Waals surface area contributed by atoms with E-state index in [0.29, 0.717) is 5.92 Å². The molecule has 0 saturated carbocycles. The lowest BCUT2D eigenvalue weighted by Gasteiger charge is -2.38. The molecule has 0 radical (unpaired) electrons. The number of hydrogen-bond acceptors (Lipinski definition) is 3. The van der Waals surface area contributed by atoms with E-state index in [4.69, 9.17) is 4.74 Å². The van der Waals surface area contributed by atoms with Gasteiger partial charge in [0.25, 0.3) is 0 Å². The minimum Gasteiger partial charge on any atom is -0.444 e. The van der Waals surface area contributed by atoms with Crippen LogP contribution in [0, 0.1) is 11.8 Å². The van der Waals surface area contributed by atoms with Crippen LogP contribution in [0.2, 0.25) is 0 Å². The normalized spacial score (nSPS) is 29.4. The number of ether oxygens (including phenoxy) is 1. The third kappa shape index (κ3) is 3.61. The molecule has 2 fully saturated rings. The quantitative estimate of drug-likeness (QED) is 0.721. The van der Waals surface area contributed by atoms with Gasteiger partial charge in [0, 0.05) is 13.1 Å². The third-order valence-corrected chi connectivity index (χ3v) is 3.88. The largest absolute Gasteiger partial charge is 0.444 e. The molecule has 18 heavy (non-hydrogen) atoms. The maximum Gasteiger partial charge on any atom is 0.410 e. The molecule has 0 unspecified atom stereocenters. The van der Waals surface area contributed by atoms with E-state index >= 15 is 0 Å². The molecule has 0 aromatic rings. The van der Waals surface area contributed by atoms with Crippen molar-refractivity contribution in [2.75, 3.05) is 26.2 Å². The van der Waals surface area contributed by atoms with Crippen molar-refractivity contribution in [3.8, 4) is 0 Å². The van der Waals surface area contributed by atoms with E-state index in [-0.39, 0.29) is 6.09 Å². The Morgan fingerprint density at radius 2 is 2.06 bits per heavy atom. The van der Waals surface area contributed by atoms with Crippen molar-refractivity contribution >= 4 is 6.09 Å². The summed E-state index contributed by atoms with van der Waals surface area (Å²) in [6.07, 6.45) is 3.56. The first-order valence-corrected chi connectivity index (χ1v) is 7.14. The fourth-order valence-electron chi connectivity index (χ4n) is 2.96. The molecule has 0 aliphatic carbocycles. The van der Waals surface area contributed by atoms with Gasteiger partial charge in [0.2, 0.25) is 0 Å². The Hall–Kier alpha value is -0.770. The molecular weight excluding hydrogens is 228 g/mol. The predicted octanol–water partition coefficient (Wildman–Crippen LogP) is 2.24. The van der Waals surface area contributed by atoms with Crippen LogP contribution in [0.15, 0.2) is 0 Å². The standard InChI is InChI=1S/C14H26N2O2/c1-14(2,3)18-13(17)16-8-6-11-5-4-7-15-9-12(11)10-16/h11-12,15H,4-10H2,1-3H3/t11-,12+/m0/s1. The maximum atomic E-state index is 12.1. The molecule has 1 amide bonds. The third-order valence-electron chi connectivity index (χ3n) is 3.88. The van der Waals surface area contributed by atoms with Gasteiger partial charge in [0.05, 0.1) is 0 Å². The van der Waals surface area contributed by atoms with Crippen LogP contribution in [0.4, 0.5) is 4.79 Å². The van der Waals surface area contributed by atoms with Crippen molar-refractivity contribution in [2.24, 2.45) is 11.8 Å². The number of carbonyl (C=O) groups is 1. The fraction of sp³-hybridized carbons (Fsp3) is 0.929. The van der Waals surface area contributed by atoms with E-state index in [1.165, 1.54) is 12.8 Å². The average Bonchev–Trinajstić information content (AvgIpc) is 2.50. The Bertz CT molecular complexity index is 299. The molecule has 104 valence electrons. The van der Waals surface area contributed by atoms with Gasteiger partial charge in [-0.15, -0.1) is 0 Å². The first-order valence-electron chi connectivity index (χ1n) is 7.14. The summed E-state index contributed by atoms with van der Waals surface area (Å²) in [4.78, 5) is 13.9. The summed E-state index contributed by atoms with van der Waals surface area (Å²) in [5.74, 6) is 1.40. The summed E-state index contributed by atoms with van der Waals surface area (Å²) in [5, 5.41) is 3.48. The zero-order valence-corrected chi connectivity index (χ0v) is 11.9. The van der Waals surface area contributed by atoms with E-state index < -0.39 is 5.60 Å². The van der Waals surface area contributed by atoms with Gasteiger partial charge in [-0.05, 0) is 65.0 Å². The summed E-state index contributed by atoms with van der Waals surface area (Å²) in [6.45, 7) is 9.65. The Kier molecular flexibility index (Phi) is 4.15. The van der Waals surface area contributed by atoms with Crippen molar-refractivity contribution in [2.45, 2.75) is 45.6 Å². The first kappa shape index (κ1) is 13.7.